The smallest absolute Gasteiger partial charge is 0.337 e. The van der Waals surface area contributed by atoms with Crippen LogP contribution >= 0.6 is 7.14 Å². The van der Waals surface area contributed by atoms with Gasteiger partial charge in [0, 0.05) is 45.4 Å². The third-order valence-corrected chi connectivity index (χ3v) is 5.65. The van der Waals surface area contributed by atoms with Crippen LogP contribution in [0.25, 0.3) is 0 Å². The average molecular weight is 368 g/mol. The third-order valence-electron chi connectivity index (χ3n) is 4.37. The molecule has 1 aliphatic rings. The molecule has 0 aliphatic carbocycles. The number of hydrogen-bond acceptors (Lipinski definition) is 6. The van der Waals surface area contributed by atoms with Crippen LogP contribution in [0.3, 0.4) is 0 Å². The second kappa shape index (κ2) is 9.37. The number of carbonyl (C=O) groups excluding carboxylic acids is 1. The van der Waals surface area contributed by atoms with Crippen molar-refractivity contribution in [3.63, 3.8) is 0 Å². The fraction of sp³-hybridized carbons (Fsp3) is 0.611. The predicted molar refractivity (Wildman–Crippen MR) is 100 cm³/mol. The van der Waals surface area contributed by atoms with E-state index in [0.29, 0.717) is 12.2 Å². The number of carbonyl (C=O) groups is 1. The van der Waals surface area contributed by atoms with E-state index in [4.69, 9.17) is 4.74 Å². The monoisotopic (exact) mass is 368 g/mol. The number of esters is 1. The summed E-state index contributed by atoms with van der Waals surface area (Å²) in [5.41, 5.74) is 0.523. The molecule has 1 aromatic rings. The Morgan fingerprint density at radius 2 is 1.60 bits per heavy atom. The molecule has 1 heterocycles. The van der Waals surface area contributed by atoms with Crippen molar-refractivity contribution in [2.45, 2.75) is 0 Å². The Labute approximate surface area is 150 Å². The molecule has 0 N–H and O–H groups in total. The molecule has 0 bridgehead atoms. The molecule has 7 heteroatoms. The van der Waals surface area contributed by atoms with E-state index in [1.165, 1.54) is 7.11 Å². The van der Waals surface area contributed by atoms with E-state index in [9.17, 15) is 9.36 Å². The molecule has 1 fully saturated rings. The molecule has 0 aromatic heterocycles. The minimum Gasteiger partial charge on any atom is -0.492 e. The van der Waals surface area contributed by atoms with Crippen molar-refractivity contribution in [3.05, 3.63) is 29.8 Å². The summed E-state index contributed by atoms with van der Waals surface area (Å²) in [7, 11) is -0.545. The van der Waals surface area contributed by atoms with Crippen molar-refractivity contribution in [3.8, 4) is 5.75 Å². The maximum Gasteiger partial charge on any atom is 0.337 e. The molecule has 1 aliphatic heterocycles. The van der Waals surface area contributed by atoms with E-state index in [2.05, 4.69) is 14.5 Å². The topological polar surface area (TPSA) is 59.1 Å². The zero-order chi connectivity index (χ0) is 18.3. The molecule has 0 atom stereocenters. The van der Waals surface area contributed by atoms with Gasteiger partial charge in [-0.25, -0.2) is 4.79 Å². The first kappa shape index (κ1) is 20.0. The largest absolute Gasteiger partial charge is 0.492 e. The van der Waals surface area contributed by atoms with Crippen molar-refractivity contribution >= 4 is 13.1 Å². The highest BCUT2D eigenvalue weighted by molar-refractivity contribution is 7.62. The van der Waals surface area contributed by atoms with Gasteiger partial charge < -0.3 is 18.9 Å². The molecule has 0 unspecified atom stereocenters. The van der Waals surface area contributed by atoms with Crippen LogP contribution in [-0.2, 0) is 9.30 Å². The van der Waals surface area contributed by atoms with E-state index < -0.39 is 7.14 Å². The second-order valence-corrected chi connectivity index (χ2v) is 10.4. The van der Waals surface area contributed by atoms with E-state index in [1.807, 2.05) is 13.3 Å². The zero-order valence-corrected chi connectivity index (χ0v) is 16.3. The molecule has 0 spiro atoms. The molecule has 0 saturated carbocycles. The van der Waals surface area contributed by atoms with Crippen LogP contribution in [0.5, 0.6) is 5.75 Å². The van der Waals surface area contributed by atoms with Crippen LogP contribution in [0.2, 0.25) is 0 Å². The minimum absolute atomic E-state index is 0.341. The first-order valence-electron chi connectivity index (χ1n) is 8.67. The molecule has 25 heavy (non-hydrogen) atoms. The van der Waals surface area contributed by atoms with E-state index >= 15 is 0 Å². The number of piperazine rings is 1. The summed E-state index contributed by atoms with van der Waals surface area (Å²) >= 11 is 0. The lowest BCUT2D eigenvalue weighted by Crippen LogP contribution is -2.48. The summed E-state index contributed by atoms with van der Waals surface area (Å²) in [4.78, 5) is 16.2. The van der Waals surface area contributed by atoms with E-state index in [-0.39, 0.29) is 5.97 Å². The lowest BCUT2D eigenvalue weighted by atomic mass is 10.2. The van der Waals surface area contributed by atoms with Gasteiger partial charge in [-0.3, -0.25) is 4.90 Å². The fourth-order valence-electron chi connectivity index (χ4n) is 2.72. The quantitative estimate of drug-likeness (QED) is 0.517. The Kier molecular flexibility index (Phi) is 7.48. The Morgan fingerprint density at radius 1 is 1.04 bits per heavy atom. The summed E-state index contributed by atoms with van der Waals surface area (Å²) in [5, 5.41) is 0. The van der Waals surface area contributed by atoms with Gasteiger partial charge in [-0.15, -0.1) is 0 Å². The number of nitrogens with zero attached hydrogens (tertiary/aromatic N) is 2. The van der Waals surface area contributed by atoms with Crippen LogP contribution in [-0.4, -0.2) is 88.2 Å². The number of methoxy groups -OCH3 is 1. The average Bonchev–Trinajstić information content (AvgIpc) is 2.60. The SMILES string of the molecule is COC(=O)c1ccc(OCCN2CCN(CCP(C)(C)=O)CC2)cc1. The standard InChI is InChI=1S/C18H29N2O4P/c1-23-18(21)16-4-6-17(7-5-16)24-14-12-19-8-10-20(11-9-19)13-15-25(2,3)22/h4-7H,8-15H2,1-3H3. The van der Waals surface area contributed by atoms with Crippen LogP contribution in [0.1, 0.15) is 10.4 Å². The predicted octanol–water partition coefficient (Wildman–Crippen LogP) is 2.09. The highest BCUT2D eigenvalue weighted by atomic mass is 31.2. The molecule has 0 amide bonds. The lowest BCUT2D eigenvalue weighted by molar-refractivity contribution is 0.0600. The third kappa shape index (κ3) is 7.18. The highest BCUT2D eigenvalue weighted by Gasteiger charge is 2.18. The van der Waals surface area contributed by atoms with Gasteiger partial charge in [-0.05, 0) is 37.6 Å². The van der Waals surface area contributed by atoms with Crippen LogP contribution in [0, 0.1) is 0 Å². The summed E-state index contributed by atoms with van der Waals surface area (Å²) in [6.45, 7) is 10.2. The van der Waals surface area contributed by atoms with Gasteiger partial charge in [0.25, 0.3) is 0 Å². The van der Waals surface area contributed by atoms with Crippen molar-refractivity contribution in [2.24, 2.45) is 0 Å². The molecule has 0 radical (unpaired) electrons. The maximum atomic E-state index is 11.8. The number of hydrogen-bond donors (Lipinski definition) is 0. The molecule has 1 saturated heterocycles. The molecule has 1 aromatic carbocycles. The number of benzene rings is 1. The normalized spacial score (nSPS) is 16.6. The zero-order valence-electron chi connectivity index (χ0n) is 15.4. The minimum atomic E-state index is -1.92. The van der Waals surface area contributed by atoms with Crippen molar-refractivity contribution < 1.29 is 18.8 Å². The number of rotatable bonds is 8. The Morgan fingerprint density at radius 3 is 2.12 bits per heavy atom. The summed E-state index contributed by atoms with van der Waals surface area (Å²) in [6.07, 6.45) is 0.803. The highest BCUT2D eigenvalue weighted by Crippen LogP contribution is 2.35. The van der Waals surface area contributed by atoms with Crippen molar-refractivity contribution in [2.75, 3.05) is 72.5 Å². The molecule has 140 valence electrons. The molecule has 2 rings (SSSR count). The van der Waals surface area contributed by atoms with Gasteiger partial charge in [0.15, 0.2) is 0 Å². The van der Waals surface area contributed by atoms with E-state index in [1.54, 1.807) is 24.3 Å². The van der Waals surface area contributed by atoms with Crippen molar-refractivity contribution in [1.29, 1.82) is 0 Å². The van der Waals surface area contributed by atoms with Gasteiger partial charge >= 0.3 is 5.97 Å². The summed E-state index contributed by atoms with van der Waals surface area (Å²) in [6, 6.07) is 7.00. The summed E-state index contributed by atoms with van der Waals surface area (Å²) in [5.74, 6) is 0.417. The molecule has 6 nitrogen and oxygen atoms in total. The second-order valence-electron chi connectivity index (χ2n) is 6.85. The first-order valence-corrected chi connectivity index (χ1v) is 11.5. The Balaban J connectivity index is 1.64. The summed E-state index contributed by atoms with van der Waals surface area (Å²) < 4.78 is 22.2. The van der Waals surface area contributed by atoms with Gasteiger partial charge in [-0.1, -0.05) is 0 Å². The lowest BCUT2D eigenvalue weighted by Gasteiger charge is -2.34. The van der Waals surface area contributed by atoms with Crippen LogP contribution < -0.4 is 4.74 Å². The Hall–Kier alpha value is -1.36. The van der Waals surface area contributed by atoms with Gasteiger partial charge in [0.1, 0.15) is 12.4 Å². The van der Waals surface area contributed by atoms with Crippen LogP contribution in [0.4, 0.5) is 0 Å². The van der Waals surface area contributed by atoms with E-state index in [0.717, 1.165) is 51.2 Å². The van der Waals surface area contributed by atoms with Gasteiger partial charge in [-0.2, -0.15) is 0 Å². The molecular formula is C18H29N2O4P. The fourth-order valence-corrected chi connectivity index (χ4v) is 3.48. The van der Waals surface area contributed by atoms with Crippen LogP contribution in [0.15, 0.2) is 24.3 Å². The number of ether oxygens (including phenoxy) is 2. The van der Waals surface area contributed by atoms with Crippen molar-refractivity contribution in [1.82, 2.24) is 9.80 Å². The first-order chi connectivity index (χ1) is 11.9. The van der Waals surface area contributed by atoms with Gasteiger partial charge in [0.05, 0.1) is 19.8 Å². The Bertz CT molecular complexity index is 592. The van der Waals surface area contributed by atoms with Gasteiger partial charge in [0.2, 0.25) is 0 Å². The maximum absolute atomic E-state index is 11.8. The molecular weight excluding hydrogens is 339 g/mol.